The molecule has 2 unspecified atom stereocenters. The van der Waals surface area contributed by atoms with Crippen LogP contribution in [0, 0.1) is 11.8 Å². The molecule has 1 saturated carbocycles. The molecule has 0 bridgehead atoms. The van der Waals surface area contributed by atoms with Crippen LogP contribution in [0.2, 0.25) is 4.34 Å². The maximum absolute atomic E-state index is 12.5. The predicted molar refractivity (Wildman–Crippen MR) is 81.9 cm³/mol. The highest BCUT2D eigenvalue weighted by Crippen LogP contribution is 2.37. The SMILES string of the molecule is CCCn1c(OCC2CC2C)nc2sc(Cl)cc2c1=O. The van der Waals surface area contributed by atoms with Crippen LogP contribution in [0.1, 0.15) is 26.7 Å². The maximum Gasteiger partial charge on any atom is 0.300 e. The van der Waals surface area contributed by atoms with Crippen LogP contribution < -0.4 is 10.3 Å². The average Bonchev–Trinajstić information content (AvgIpc) is 2.97. The number of aromatic nitrogens is 2. The number of halogens is 1. The first kappa shape index (κ1) is 13.9. The zero-order valence-corrected chi connectivity index (χ0v) is 13.1. The molecule has 1 aliphatic carbocycles. The van der Waals surface area contributed by atoms with Gasteiger partial charge < -0.3 is 4.74 Å². The first-order chi connectivity index (χ1) is 9.60. The van der Waals surface area contributed by atoms with Gasteiger partial charge in [0.1, 0.15) is 4.83 Å². The Kier molecular flexibility index (Phi) is 3.73. The van der Waals surface area contributed by atoms with Gasteiger partial charge in [-0.25, -0.2) is 0 Å². The molecular formula is C14H17ClN2O2S. The van der Waals surface area contributed by atoms with Crippen LogP contribution in [-0.2, 0) is 6.54 Å². The van der Waals surface area contributed by atoms with E-state index in [1.807, 2.05) is 6.92 Å². The Labute approximate surface area is 126 Å². The molecule has 0 aliphatic heterocycles. The van der Waals surface area contributed by atoms with Crippen molar-refractivity contribution in [2.45, 2.75) is 33.2 Å². The molecule has 20 heavy (non-hydrogen) atoms. The van der Waals surface area contributed by atoms with Gasteiger partial charge in [0, 0.05) is 6.54 Å². The topological polar surface area (TPSA) is 44.1 Å². The van der Waals surface area contributed by atoms with Crippen LogP contribution in [-0.4, -0.2) is 16.2 Å². The smallest absolute Gasteiger partial charge is 0.300 e. The fraction of sp³-hybridized carbons (Fsp3) is 0.571. The summed E-state index contributed by atoms with van der Waals surface area (Å²) in [5.74, 6) is 1.32. The standard InChI is InChI=1S/C14H17ClN2O2S/c1-3-4-17-13(18)10-6-11(15)20-12(10)16-14(17)19-7-9-5-8(9)2/h6,8-9H,3-5,7H2,1-2H3. The molecule has 4 nitrogen and oxygen atoms in total. The van der Waals surface area contributed by atoms with Gasteiger partial charge >= 0.3 is 6.01 Å². The van der Waals surface area contributed by atoms with Crippen molar-refractivity contribution >= 4 is 33.2 Å². The lowest BCUT2D eigenvalue weighted by Crippen LogP contribution is -2.23. The summed E-state index contributed by atoms with van der Waals surface area (Å²) in [6, 6.07) is 2.12. The summed E-state index contributed by atoms with van der Waals surface area (Å²) in [5.41, 5.74) is -0.0566. The van der Waals surface area contributed by atoms with Crippen LogP contribution in [0.15, 0.2) is 10.9 Å². The van der Waals surface area contributed by atoms with Gasteiger partial charge in [-0.1, -0.05) is 25.4 Å². The summed E-state index contributed by atoms with van der Waals surface area (Å²) in [6.45, 7) is 5.50. The van der Waals surface area contributed by atoms with Crippen LogP contribution in [0.5, 0.6) is 6.01 Å². The molecule has 2 aromatic rings. The number of rotatable bonds is 5. The van der Waals surface area contributed by atoms with E-state index in [1.165, 1.54) is 17.8 Å². The summed E-state index contributed by atoms with van der Waals surface area (Å²) in [4.78, 5) is 17.6. The average molecular weight is 313 g/mol. The van der Waals surface area contributed by atoms with Crippen molar-refractivity contribution in [3.8, 4) is 6.01 Å². The van der Waals surface area contributed by atoms with E-state index in [0.29, 0.717) is 39.6 Å². The zero-order valence-electron chi connectivity index (χ0n) is 11.6. The fourth-order valence-corrected chi connectivity index (χ4v) is 3.38. The highest BCUT2D eigenvalue weighted by molar-refractivity contribution is 7.22. The molecule has 2 aromatic heterocycles. The van der Waals surface area contributed by atoms with Gasteiger partial charge in [0.2, 0.25) is 0 Å². The molecule has 108 valence electrons. The largest absolute Gasteiger partial charge is 0.464 e. The first-order valence-electron chi connectivity index (χ1n) is 6.92. The Morgan fingerprint density at radius 3 is 3.00 bits per heavy atom. The predicted octanol–water partition coefficient (Wildman–Crippen LogP) is 3.56. The molecule has 6 heteroatoms. The molecular weight excluding hydrogens is 296 g/mol. The van der Waals surface area contributed by atoms with E-state index in [1.54, 1.807) is 10.6 Å². The van der Waals surface area contributed by atoms with E-state index >= 15 is 0 Å². The van der Waals surface area contributed by atoms with Crippen molar-refractivity contribution in [3.63, 3.8) is 0 Å². The van der Waals surface area contributed by atoms with Gasteiger partial charge in [0.25, 0.3) is 5.56 Å². The molecule has 0 spiro atoms. The molecule has 1 aliphatic rings. The lowest BCUT2D eigenvalue weighted by Gasteiger charge is -2.11. The van der Waals surface area contributed by atoms with E-state index < -0.39 is 0 Å². The fourth-order valence-electron chi connectivity index (χ4n) is 2.31. The molecule has 1 fully saturated rings. The highest BCUT2D eigenvalue weighted by atomic mass is 35.5. The number of hydrogen-bond donors (Lipinski definition) is 0. The minimum atomic E-state index is -0.0566. The number of fused-ring (bicyclic) bond motifs is 1. The van der Waals surface area contributed by atoms with Crippen LogP contribution in [0.3, 0.4) is 0 Å². The van der Waals surface area contributed by atoms with E-state index in [9.17, 15) is 4.79 Å². The molecule has 3 rings (SSSR count). The molecule has 0 N–H and O–H groups in total. The van der Waals surface area contributed by atoms with Gasteiger partial charge in [-0.05, 0) is 30.7 Å². The van der Waals surface area contributed by atoms with Crippen molar-refractivity contribution in [2.24, 2.45) is 11.8 Å². The van der Waals surface area contributed by atoms with Gasteiger partial charge in [-0.15, -0.1) is 11.3 Å². The Bertz CT molecular complexity index is 694. The van der Waals surface area contributed by atoms with Crippen molar-refractivity contribution in [1.29, 1.82) is 0 Å². The molecule has 2 atom stereocenters. The van der Waals surface area contributed by atoms with E-state index in [0.717, 1.165) is 12.3 Å². The first-order valence-corrected chi connectivity index (χ1v) is 8.12. The normalized spacial score (nSPS) is 21.4. The molecule has 0 aromatic carbocycles. The van der Waals surface area contributed by atoms with E-state index in [-0.39, 0.29) is 5.56 Å². The van der Waals surface area contributed by atoms with Gasteiger partial charge in [-0.3, -0.25) is 9.36 Å². The Hall–Kier alpha value is -1.07. The molecule has 0 amide bonds. The summed E-state index contributed by atoms with van der Waals surface area (Å²) in [7, 11) is 0. The minimum absolute atomic E-state index is 0.0566. The second-order valence-electron chi connectivity index (χ2n) is 5.40. The number of nitrogens with zero attached hydrogens (tertiary/aromatic N) is 2. The quantitative estimate of drug-likeness (QED) is 0.848. The number of hydrogen-bond acceptors (Lipinski definition) is 4. The third-order valence-corrected chi connectivity index (χ3v) is 4.89. The lowest BCUT2D eigenvalue weighted by atomic mass is 10.4. The zero-order chi connectivity index (χ0) is 14.3. The molecule has 0 radical (unpaired) electrons. The number of ether oxygens (including phenoxy) is 1. The van der Waals surface area contributed by atoms with Crippen molar-refractivity contribution in [3.05, 3.63) is 20.8 Å². The van der Waals surface area contributed by atoms with Crippen molar-refractivity contribution in [2.75, 3.05) is 6.61 Å². The monoisotopic (exact) mass is 312 g/mol. The van der Waals surface area contributed by atoms with Crippen LogP contribution in [0.4, 0.5) is 0 Å². The van der Waals surface area contributed by atoms with Crippen molar-refractivity contribution in [1.82, 2.24) is 9.55 Å². The Balaban J connectivity index is 1.98. The Morgan fingerprint density at radius 1 is 1.60 bits per heavy atom. The lowest BCUT2D eigenvalue weighted by molar-refractivity contribution is 0.253. The summed E-state index contributed by atoms with van der Waals surface area (Å²) in [6.07, 6.45) is 2.06. The summed E-state index contributed by atoms with van der Waals surface area (Å²) < 4.78 is 8.01. The van der Waals surface area contributed by atoms with Gasteiger partial charge in [0.05, 0.1) is 16.3 Å². The van der Waals surface area contributed by atoms with E-state index in [2.05, 4.69) is 11.9 Å². The third-order valence-electron chi connectivity index (χ3n) is 3.74. The maximum atomic E-state index is 12.5. The van der Waals surface area contributed by atoms with Gasteiger partial charge in [-0.2, -0.15) is 4.98 Å². The Morgan fingerprint density at radius 2 is 2.35 bits per heavy atom. The highest BCUT2D eigenvalue weighted by Gasteiger charge is 2.33. The van der Waals surface area contributed by atoms with Crippen LogP contribution in [0.25, 0.3) is 10.2 Å². The van der Waals surface area contributed by atoms with Crippen molar-refractivity contribution < 1.29 is 4.74 Å². The molecule has 2 heterocycles. The van der Waals surface area contributed by atoms with Gasteiger partial charge in [0.15, 0.2) is 0 Å². The second kappa shape index (κ2) is 5.37. The second-order valence-corrected chi connectivity index (χ2v) is 7.07. The minimum Gasteiger partial charge on any atom is -0.464 e. The molecule has 0 saturated heterocycles. The van der Waals surface area contributed by atoms with E-state index in [4.69, 9.17) is 16.3 Å². The summed E-state index contributed by atoms with van der Waals surface area (Å²) in [5, 5.41) is 0.584. The summed E-state index contributed by atoms with van der Waals surface area (Å²) >= 11 is 7.30. The number of thiophene rings is 1. The third kappa shape index (κ3) is 2.56. The van der Waals surface area contributed by atoms with Crippen LogP contribution >= 0.6 is 22.9 Å².